The predicted molar refractivity (Wildman–Crippen MR) is 170 cm³/mol. The summed E-state index contributed by atoms with van der Waals surface area (Å²) in [6.07, 6.45) is 5.51. The molecule has 0 saturated heterocycles. The first-order valence-corrected chi connectivity index (χ1v) is 14.9. The molecule has 0 bridgehead atoms. The van der Waals surface area contributed by atoms with Gasteiger partial charge >= 0.3 is 5.97 Å². The number of esters is 1. The summed E-state index contributed by atoms with van der Waals surface area (Å²) in [5.74, 6) is 5.84. The predicted octanol–water partition coefficient (Wildman–Crippen LogP) is 8.35. The lowest BCUT2D eigenvalue weighted by atomic mass is 10.1. The van der Waals surface area contributed by atoms with Crippen molar-refractivity contribution in [3.8, 4) is 17.6 Å². The normalized spacial score (nSPS) is 13.3. The molecule has 214 valence electrons. The molecule has 0 N–H and O–H groups in total. The minimum absolute atomic E-state index is 0.356. The van der Waals surface area contributed by atoms with Crippen LogP contribution in [0.2, 0.25) is 0 Å². The lowest BCUT2D eigenvalue weighted by Crippen LogP contribution is -2.39. The highest BCUT2D eigenvalue weighted by Crippen LogP contribution is 2.34. The molecule has 4 aromatic rings. The molecule has 5 rings (SSSR count). The molecule has 42 heavy (non-hydrogen) atoms. The van der Waals surface area contributed by atoms with Gasteiger partial charge in [0.05, 0.1) is 0 Å². The summed E-state index contributed by atoms with van der Waals surface area (Å²) in [7, 11) is 0. The fraction of sp³-hybridized carbons (Fsp3) is 0.289. The molecule has 1 aliphatic heterocycles. The molecule has 1 aliphatic rings. The van der Waals surface area contributed by atoms with E-state index in [1.807, 2.05) is 24.3 Å². The Labute approximate surface area is 250 Å². The Morgan fingerprint density at radius 3 is 2.00 bits per heavy atom. The van der Waals surface area contributed by atoms with Crippen LogP contribution in [0.15, 0.2) is 97.1 Å². The molecule has 0 unspecified atom stereocenters. The van der Waals surface area contributed by atoms with Crippen molar-refractivity contribution in [2.75, 3.05) is 11.4 Å². The number of carbonyl (C=O) groups excluding carboxylic acids is 1. The Balaban J connectivity index is 1.30. The summed E-state index contributed by atoms with van der Waals surface area (Å²) in [6, 6.07) is 33.4. The Bertz CT molecular complexity index is 1540. The Morgan fingerprint density at radius 2 is 1.33 bits per heavy atom. The maximum absolute atomic E-state index is 12.8. The van der Waals surface area contributed by atoms with E-state index in [0.29, 0.717) is 17.9 Å². The lowest BCUT2D eigenvalue weighted by Gasteiger charge is -2.33. The number of unbranched alkanes of at least 4 members (excludes halogenated alkanes) is 1. The first kappa shape index (κ1) is 29.0. The molecule has 0 amide bonds. The summed E-state index contributed by atoms with van der Waals surface area (Å²) < 4.78 is 11.4. The van der Waals surface area contributed by atoms with Gasteiger partial charge in [-0.05, 0) is 84.8 Å². The van der Waals surface area contributed by atoms with Gasteiger partial charge < -0.3 is 14.4 Å². The van der Waals surface area contributed by atoms with E-state index < -0.39 is 5.79 Å². The number of ether oxygens (including phenoxy) is 2. The third kappa shape index (κ3) is 7.83. The zero-order valence-electron chi connectivity index (χ0n) is 24.9. The van der Waals surface area contributed by atoms with Crippen molar-refractivity contribution in [1.29, 1.82) is 0 Å². The average Bonchev–Trinajstić information content (AvgIpc) is 2.99. The minimum atomic E-state index is -0.969. The number of hydrogen-bond donors (Lipinski definition) is 0. The zero-order chi connectivity index (χ0) is 29.4. The van der Waals surface area contributed by atoms with E-state index in [4.69, 9.17) is 9.47 Å². The third-order valence-electron chi connectivity index (χ3n) is 7.43. The van der Waals surface area contributed by atoms with E-state index in [9.17, 15) is 4.79 Å². The molecular formula is C38H39NO3. The van der Waals surface area contributed by atoms with Gasteiger partial charge in [0.1, 0.15) is 11.3 Å². The molecular weight excluding hydrogens is 518 g/mol. The number of aryl methyl sites for hydroxylation is 2. The molecule has 0 saturated carbocycles. The number of rotatable bonds is 10. The highest BCUT2D eigenvalue weighted by molar-refractivity contribution is 5.94. The molecule has 0 fully saturated rings. The maximum atomic E-state index is 12.8. The van der Waals surface area contributed by atoms with Gasteiger partial charge in [-0.15, -0.1) is 0 Å². The van der Waals surface area contributed by atoms with Crippen LogP contribution in [0.25, 0.3) is 0 Å². The second kappa shape index (κ2) is 13.4. The number of benzene rings is 4. The Morgan fingerprint density at radius 1 is 0.714 bits per heavy atom. The molecule has 0 radical (unpaired) electrons. The minimum Gasteiger partial charge on any atom is -0.452 e. The number of carbonyl (C=O) groups is 1. The lowest BCUT2D eigenvalue weighted by molar-refractivity contribution is -0.127. The molecule has 0 atom stereocenters. The molecule has 0 aliphatic carbocycles. The standard InChI is InChI=1S/C38H39NO3/c1-4-5-10-30-14-16-31(17-15-30)18-19-32-20-22-33(23-21-32)28-39(26-9-13-29-11-7-6-8-12-29)34-24-25-36-35(27-34)37(40)42-38(2,3)41-36/h6-8,11-12,14-17,20-25,27H,4-5,9-10,13,26,28H2,1-3H3. The van der Waals surface area contributed by atoms with Crippen molar-refractivity contribution in [3.05, 3.63) is 130 Å². The largest absolute Gasteiger partial charge is 0.452 e. The highest BCUT2D eigenvalue weighted by atomic mass is 16.7. The SMILES string of the molecule is CCCCc1ccc(C#Cc2ccc(CN(CCCc3ccccc3)c3ccc4c(c3)C(=O)OC(C)(C)O4)cc2)cc1. The molecule has 4 heteroatoms. The van der Waals surface area contributed by atoms with E-state index in [1.165, 1.54) is 29.5 Å². The van der Waals surface area contributed by atoms with Crippen LogP contribution in [0.5, 0.6) is 5.75 Å². The fourth-order valence-electron chi connectivity index (χ4n) is 5.14. The molecule has 1 heterocycles. The summed E-state index contributed by atoms with van der Waals surface area (Å²) in [5.41, 5.74) is 7.31. The second-order valence-corrected chi connectivity index (χ2v) is 11.3. The van der Waals surface area contributed by atoms with Gasteiger partial charge in [-0.1, -0.05) is 79.8 Å². The number of fused-ring (bicyclic) bond motifs is 1. The van der Waals surface area contributed by atoms with Crippen molar-refractivity contribution in [2.24, 2.45) is 0 Å². The Hall–Kier alpha value is -4.49. The number of nitrogens with zero attached hydrogens (tertiary/aromatic N) is 1. The van der Waals surface area contributed by atoms with Gasteiger partial charge in [0.15, 0.2) is 0 Å². The van der Waals surface area contributed by atoms with E-state index in [1.54, 1.807) is 13.8 Å². The van der Waals surface area contributed by atoms with Crippen LogP contribution in [0.4, 0.5) is 5.69 Å². The van der Waals surface area contributed by atoms with Crippen molar-refractivity contribution >= 4 is 11.7 Å². The van der Waals surface area contributed by atoms with E-state index in [2.05, 4.69) is 96.5 Å². The van der Waals surface area contributed by atoms with Crippen molar-refractivity contribution in [3.63, 3.8) is 0 Å². The Kier molecular flexibility index (Phi) is 9.29. The van der Waals surface area contributed by atoms with Crippen LogP contribution >= 0.6 is 0 Å². The van der Waals surface area contributed by atoms with Gasteiger partial charge in [-0.3, -0.25) is 0 Å². The van der Waals surface area contributed by atoms with E-state index in [-0.39, 0.29) is 5.97 Å². The van der Waals surface area contributed by atoms with E-state index >= 15 is 0 Å². The molecule has 4 nitrogen and oxygen atoms in total. The second-order valence-electron chi connectivity index (χ2n) is 11.3. The maximum Gasteiger partial charge on any atom is 0.345 e. The zero-order valence-corrected chi connectivity index (χ0v) is 24.9. The first-order valence-electron chi connectivity index (χ1n) is 14.9. The van der Waals surface area contributed by atoms with Crippen LogP contribution in [-0.2, 0) is 24.1 Å². The van der Waals surface area contributed by atoms with Crippen molar-refractivity contribution in [1.82, 2.24) is 0 Å². The van der Waals surface area contributed by atoms with Crippen LogP contribution in [-0.4, -0.2) is 18.3 Å². The summed E-state index contributed by atoms with van der Waals surface area (Å²) in [4.78, 5) is 15.1. The van der Waals surface area contributed by atoms with Gasteiger partial charge in [0.25, 0.3) is 0 Å². The van der Waals surface area contributed by atoms with Gasteiger partial charge in [0, 0.05) is 43.8 Å². The molecule has 0 aromatic heterocycles. The summed E-state index contributed by atoms with van der Waals surface area (Å²) >= 11 is 0. The molecule has 0 spiro atoms. The quantitative estimate of drug-likeness (QED) is 0.145. The first-order chi connectivity index (χ1) is 20.4. The van der Waals surface area contributed by atoms with Crippen LogP contribution in [0.3, 0.4) is 0 Å². The number of hydrogen-bond acceptors (Lipinski definition) is 4. The number of anilines is 1. The monoisotopic (exact) mass is 557 g/mol. The van der Waals surface area contributed by atoms with Crippen molar-refractivity contribution < 1.29 is 14.3 Å². The summed E-state index contributed by atoms with van der Waals surface area (Å²) in [6.45, 7) is 7.26. The highest BCUT2D eigenvalue weighted by Gasteiger charge is 2.34. The number of cyclic esters (lactones) is 1. The fourth-order valence-corrected chi connectivity index (χ4v) is 5.14. The van der Waals surface area contributed by atoms with Crippen LogP contribution < -0.4 is 9.64 Å². The van der Waals surface area contributed by atoms with Crippen LogP contribution in [0.1, 0.15) is 78.2 Å². The average molecular weight is 558 g/mol. The van der Waals surface area contributed by atoms with Crippen LogP contribution in [0, 0.1) is 11.8 Å². The van der Waals surface area contributed by atoms with Gasteiger partial charge in [0.2, 0.25) is 5.79 Å². The summed E-state index contributed by atoms with van der Waals surface area (Å²) in [5, 5.41) is 0. The third-order valence-corrected chi connectivity index (χ3v) is 7.43. The smallest absolute Gasteiger partial charge is 0.345 e. The molecule has 4 aromatic carbocycles. The van der Waals surface area contributed by atoms with Gasteiger partial charge in [-0.25, -0.2) is 4.79 Å². The van der Waals surface area contributed by atoms with Crippen molar-refractivity contribution in [2.45, 2.75) is 65.2 Å². The topological polar surface area (TPSA) is 38.8 Å². The van der Waals surface area contributed by atoms with E-state index in [0.717, 1.165) is 42.6 Å². The van der Waals surface area contributed by atoms with Gasteiger partial charge in [-0.2, -0.15) is 0 Å².